The maximum atomic E-state index is 13.9. The third kappa shape index (κ3) is 8.43. The number of nitrogens with zero attached hydrogens (tertiary/aromatic N) is 1. The smallest absolute Gasteiger partial charge is 0.387 e. The normalized spacial score (nSPS) is 14.1. The van der Waals surface area contributed by atoms with Gasteiger partial charge in [0.1, 0.15) is 11.6 Å². The first-order valence-corrected chi connectivity index (χ1v) is 8.34. The molecule has 0 amide bonds. The number of guanidine groups is 1. The molecule has 0 radical (unpaired) electrons. The van der Waals surface area contributed by atoms with Crippen LogP contribution >= 0.6 is 24.0 Å². The molecule has 148 valence electrons. The predicted octanol–water partition coefficient (Wildman–Crippen LogP) is 3.53. The van der Waals surface area contributed by atoms with Crippen molar-refractivity contribution in [3.63, 3.8) is 0 Å². The molecular weight excluding hydrogens is 462 g/mol. The highest BCUT2D eigenvalue weighted by molar-refractivity contribution is 14.0. The van der Waals surface area contributed by atoms with Crippen LogP contribution in [0.15, 0.2) is 23.2 Å². The van der Waals surface area contributed by atoms with Crippen molar-refractivity contribution in [2.45, 2.75) is 32.4 Å². The van der Waals surface area contributed by atoms with Gasteiger partial charge in [-0.3, -0.25) is 4.99 Å². The first-order valence-electron chi connectivity index (χ1n) is 8.34. The molecule has 1 fully saturated rings. The van der Waals surface area contributed by atoms with Crippen molar-refractivity contribution in [3.8, 4) is 5.75 Å². The van der Waals surface area contributed by atoms with Crippen LogP contribution in [0.5, 0.6) is 5.75 Å². The van der Waals surface area contributed by atoms with Crippen molar-refractivity contribution < 1.29 is 22.6 Å². The summed E-state index contributed by atoms with van der Waals surface area (Å²) in [5.74, 6) is 0.391. The average Bonchev–Trinajstić information content (AvgIpc) is 3.39. The second kappa shape index (κ2) is 12.2. The molecule has 0 saturated heterocycles. The standard InChI is InChI=1S/C17H24F3N3O2.HI/c1-21-17(22-8-3-9-24-11-12-6-7-12)23-10-13-14(18)4-2-5-15(13)25-16(19)20;/h2,4-5,12,16H,3,6-11H2,1H3,(H2,21,22,23);1H. The minimum Gasteiger partial charge on any atom is -0.434 e. The number of benzene rings is 1. The van der Waals surface area contributed by atoms with Crippen LogP contribution in [0.1, 0.15) is 24.8 Å². The zero-order valence-corrected chi connectivity index (χ0v) is 17.0. The lowest BCUT2D eigenvalue weighted by atomic mass is 10.2. The Hall–Kier alpha value is -1.23. The van der Waals surface area contributed by atoms with Gasteiger partial charge in [0.05, 0.1) is 0 Å². The van der Waals surface area contributed by atoms with Gasteiger partial charge < -0.3 is 20.1 Å². The van der Waals surface area contributed by atoms with Crippen molar-refractivity contribution >= 4 is 29.9 Å². The molecular formula is C17H25F3IN3O2. The number of nitrogens with one attached hydrogen (secondary N) is 2. The van der Waals surface area contributed by atoms with Crippen LogP contribution in [0, 0.1) is 11.7 Å². The highest BCUT2D eigenvalue weighted by Gasteiger charge is 2.20. The molecule has 1 aliphatic rings. The molecule has 0 heterocycles. The molecule has 1 aromatic rings. The highest BCUT2D eigenvalue weighted by atomic mass is 127. The van der Waals surface area contributed by atoms with E-state index in [2.05, 4.69) is 20.4 Å². The summed E-state index contributed by atoms with van der Waals surface area (Å²) in [4.78, 5) is 4.02. The molecule has 0 bridgehead atoms. The summed E-state index contributed by atoms with van der Waals surface area (Å²) in [7, 11) is 1.58. The fourth-order valence-electron chi connectivity index (χ4n) is 2.23. The number of rotatable bonds is 10. The highest BCUT2D eigenvalue weighted by Crippen LogP contribution is 2.28. The van der Waals surface area contributed by atoms with E-state index in [0.29, 0.717) is 19.1 Å². The van der Waals surface area contributed by atoms with Crippen LogP contribution in [-0.2, 0) is 11.3 Å². The van der Waals surface area contributed by atoms with E-state index >= 15 is 0 Å². The maximum absolute atomic E-state index is 13.9. The van der Waals surface area contributed by atoms with Gasteiger partial charge in [0.15, 0.2) is 5.96 Å². The molecule has 0 spiro atoms. The first kappa shape index (κ1) is 22.8. The summed E-state index contributed by atoms with van der Waals surface area (Å²) in [6, 6.07) is 3.83. The number of hydrogen-bond acceptors (Lipinski definition) is 3. The molecule has 0 atom stereocenters. The lowest BCUT2D eigenvalue weighted by Gasteiger charge is -2.15. The quantitative estimate of drug-likeness (QED) is 0.230. The number of hydrogen-bond donors (Lipinski definition) is 2. The number of ether oxygens (including phenoxy) is 2. The Balaban J connectivity index is 0.00000338. The second-order valence-corrected chi connectivity index (χ2v) is 5.82. The number of halogens is 4. The van der Waals surface area contributed by atoms with Gasteiger partial charge in [-0.15, -0.1) is 24.0 Å². The lowest BCUT2D eigenvalue weighted by Crippen LogP contribution is -2.37. The van der Waals surface area contributed by atoms with Crippen molar-refractivity contribution in [2.24, 2.45) is 10.9 Å². The molecule has 1 aromatic carbocycles. The van der Waals surface area contributed by atoms with E-state index < -0.39 is 12.4 Å². The number of aliphatic imine (C=N–C) groups is 1. The predicted molar refractivity (Wildman–Crippen MR) is 105 cm³/mol. The third-order valence-electron chi connectivity index (χ3n) is 3.76. The van der Waals surface area contributed by atoms with E-state index in [9.17, 15) is 13.2 Å². The van der Waals surface area contributed by atoms with Gasteiger partial charge in [0, 0.05) is 38.9 Å². The van der Waals surface area contributed by atoms with E-state index in [1.165, 1.54) is 31.0 Å². The summed E-state index contributed by atoms with van der Waals surface area (Å²) >= 11 is 0. The molecule has 2 rings (SSSR count). The minimum atomic E-state index is -3.01. The van der Waals surface area contributed by atoms with Gasteiger partial charge >= 0.3 is 6.61 Å². The van der Waals surface area contributed by atoms with Crippen molar-refractivity contribution in [1.82, 2.24) is 10.6 Å². The van der Waals surface area contributed by atoms with Gasteiger partial charge in [-0.2, -0.15) is 8.78 Å². The molecule has 26 heavy (non-hydrogen) atoms. The van der Waals surface area contributed by atoms with Crippen LogP contribution in [0.4, 0.5) is 13.2 Å². The monoisotopic (exact) mass is 487 g/mol. The van der Waals surface area contributed by atoms with E-state index in [1.54, 1.807) is 7.05 Å². The van der Waals surface area contributed by atoms with Crippen LogP contribution in [0.25, 0.3) is 0 Å². The Morgan fingerprint density at radius 1 is 1.31 bits per heavy atom. The molecule has 1 aliphatic carbocycles. The van der Waals surface area contributed by atoms with Crippen LogP contribution in [0.3, 0.4) is 0 Å². The van der Waals surface area contributed by atoms with Gasteiger partial charge in [-0.1, -0.05) is 6.07 Å². The van der Waals surface area contributed by atoms with Gasteiger partial charge in [0.2, 0.25) is 0 Å². The molecule has 2 N–H and O–H groups in total. The van der Waals surface area contributed by atoms with Crippen molar-refractivity contribution in [1.29, 1.82) is 0 Å². The Labute approximate surface area is 168 Å². The SMILES string of the molecule is CN=C(NCCCOCC1CC1)NCc1c(F)cccc1OC(F)F.I. The summed E-state index contributed by atoms with van der Waals surface area (Å²) < 4.78 is 48.6. The first-order chi connectivity index (χ1) is 12.1. The molecule has 1 saturated carbocycles. The molecule has 9 heteroatoms. The van der Waals surface area contributed by atoms with Crippen LogP contribution in [0.2, 0.25) is 0 Å². The average molecular weight is 487 g/mol. The van der Waals surface area contributed by atoms with E-state index in [4.69, 9.17) is 4.74 Å². The van der Waals surface area contributed by atoms with Gasteiger partial charge in [-0.25, -0.2) is 4.39 Å². The fraction of sp³-hybridized carbons (Fsp3) is 0.588. The Kier molecular flexibility index (Phi) is 10.7. The summed E-state index contributed by atoms with van der Waals surface area (Å²) in [5.41, 5.74) is 0.0264. The fourth-order valence-corrected chi connectivity index (χ4v) is 2.23. The minimum absolute atomic E-state index is 0. The zero-order chi connectivity index (χ0) is 18.1. The lowest BCUT2D eigenvalue weighted by molar-refractivity contribution is -0.0506. The topological polar surface area (TPSA) is 54.9 Å². The second-order valence-electron chi connectivity index (χ2n) is 5.82. The van der Waals surface area contributed by atoms with Gasteiger partial charge in [-0.05, 0) is 37.3 Å². The largest absolute Gasteiger partial charge is 0.434 e. The summed E-state index contributed by atoms with van der Waals surface area (Å²) in [6.07, 6.45) is 3.34. The van der Waals surface area contributed by atoms with E-state index in [1.807, 2.05) is 0 Å². The van der Waals surface area contributed by atoms with E-state index in [0.717, 1.165) is 18.9 Å². The van der Waals surface area contributed by atoms with Crippen molar-refractivity contribution in [2.75, 3.05) is 26.8 Å². The maximum Gasteiger partial charge on any atom is 0.387 e. The Morgan fingerprint density at radius 2 is 2.08 bits per heavy atom. The third-order valence-corrected chi connectivity index (χ3v) is 3.76. The van der Waals surface area contributed by atoms with Crippen LogP contribution in [-0.4, -0.2) is 39.4 Å². The molecule has 5 nitrogen and oxygen atoms in total. The summed E-state index contributed by atoms with van der Waals surface area (Å²) in [5, 5.41) is 5.96. The molecule has 0 aliphatic heterocycles. The number of alkyl halides is 2. The van der Waals surface area contributed by atoms with E-state index in [-0.39, 0.29) is 41.8 Å². The molecule has 0 unspecified atom stereocenters. The summed E-state index contributed by atoms with van der Waals surface area (Å²) in [6.45, 7) is -0.893. The van der Waals surface area contributed by atoms with Gasteiger partial charge in [0.25, 0.3) is 0 Å². The molecule has 0 aromatic heterocycles. The zero-order valence-electron chi connectivity index (χ0n) is 14.6. The Morgan fingerprint density at radius 3 is 2.73 bits per heavy atom. The van der Waals surface area contributed by atoms with Crippen LogP contribution < -0.4 is 15.4 Å². The van der Waals surface area contributed by atoms with Crippen molar-refractivity contribution in [3.05, 3.63) is 29.6 Å². The Bertz CT molecular complexity index is 572.